The number of hydrogen-bond acceptors (Lipinski definition) is 8. The number of aryl methyl sites for hydroxylation is 2. The molecule has 1 saturated heterocycles. The molecule has 0 unspecified atom stereocenters. The Labute approximate surface area is 215 Å². The Bertz CT molecular complexity index is 1360. The van der Waals surface area contributed by atoms with Gasteiger partial charge in [0.2, 0.25) is 0 Å². The second kappa shape index (κ2) is 8.64. The zero-order valence-corrected chi connectivity index (χ0v) is 22.8. The van der Waals surface area contributed by atoms with Crippen molar-refractivity contribution in [2.75, 3.05) is 7.11 Å². The Hall–Kier alpha value is -2.82. The van der Waals surface area contributed by atoms with E-state index in [-0.39, 0.29) is 12.4 Å². The molecular weight excluding hydrogens is 475 g/mol. The van der Waals surface area contributed by atoms with Crippen molar-refractivity contribution in [3.8, 4) is 5.00 Å². The molecular formula is C26H31BN4O4S. The van der Waals surface area contributed by atoms with Crippen LogP contribution in [0.5, 0.6) is 0 Å². The third-order valence-corrected chi connectivity index (χ3v) is 8.73. The second-order valence-electron chi connectivity index (χ2n) is 10.4. The number of hydrogen-bond donors (Lipinski definition) is 0. The third-order valence-electron chi connectivity index (χ3n) is 7.54. The van der Waals surface area contributed by atoms with Crippen LogP contribution >= 0.6 is 11.3 Å². The molecule has 10 heteroatoms. The van der Waals surface area contributed by atoms with Crippen molar-refractivity contribution in [3.63, 3.8) is 0 Å². The predicted molar refractivity (Wildman–Crippen MR) is 141 cm³/mol. The minimum Gasteiger partial charge on any atom is -0.469 e. The van der Waals surface area contributed by atoms with Gasteiger partial charge in [-0.15, -0.1) is 21.5 Å². The summed E-state index contributed by atoms with van der Waals surface area (Å²) in [6.07, 6.45) is 0.0805. The van der Waals surface area contributed by atoms with Gasteiger partial charge in [0.25, 0.3) is 0 Å². The van der Waals surface area contributed by atoms with Crippen LogP contribution in [0.25, 0.3) is 5.00 Å². The van der Waals surface area contributed by atoms with Crippen molar-refractivity contribution >= 4 is 35.6 Å². The number of aromatic nitrogens is 3. The number of methoxy groups -OCH3 is 1. The first kappa shape index (κ1) is 24.9. The highest BCUT2D eigenvalue weighted by molar-refractivity contribution is 7.15. The van der Waals surface area contributed by atoms with Crippen molar-refractivity contribution in [1.82, 2.24) is 14.8 Å². The Morgan fingerprint density at radius 1 is 1.08 bits per heavy atom. The smallest absolute Gasteiger partial charge is 0.469 e. The second-order valence-corrected chi connectivity index (χ2v) is 11.6. The van der Waals surface area contributed by atoms with Crippen LogP contribution in [0.4, 0.5) is 0 Å². The van der Waals surface area contributed by atoms with Crippen LogP contribution in [-0.4, -0.2) is 51.9 Å². The molecule has 0 aliphatic carbocycles. The first-order valence-corrected chi connectivity index (χ1v) is 12.9. The van der Waals surface area contributed by atoms with Crippen LogP contribution in [0.2, 0.25) is 0 Å². The summed E-state index contributed by atoms with van der Waals surface area (Å²) in [4.78, 5) is 18.6. The van der Waals surface area contributed by atoms with Crippen molar-refractivity contribution < 1.29 is 18.8 Å². The molecule has 0 radical (unpaired) electrons. The molecule has 0 amide bonds. The molecule has 1 fully saturated rings. The summed E-state index contributed by atoms with van der Waals surface area (Å²) < 4.78 is 19.5. The quantitative estimate of drug-likeness (QED) is 0.393. The summed E-state index contributed by atoms with van der Waals surface area (Å²) in [6.45, 7) is 14.3. The maximum atomic E-state index is 12.3. The molecule has 0 bridgehead atoms. The van der Waals surface area contributed by atoms with Gasteiger partial charge in [-0.3, -0.25) is 14.4 Å². The lowest BCUT2D eigenvalue weighted by Crippen LogP contribution is -2.41. The molecule has 2 aliphatic heterocycles. The summed E-state index contributed by atoms with van der Waals surface area (Å²) in [5, 5.41) is 9.74. The molecule has 36 heavy (non-hydrogen) atoms. The number of esters is 1. The minimum absolute atomic E-state index is 0.0805. The van der Waals surface area contributed by atoms with Crippen LogP contribution in [-0.2, 0) is 18.8 Å². The maximum absolute atomic E-state index is 12.3. The summed E-state index contributed by atoms with van der Waals surface area (Å²) in [5.74, 6) is 1.06. The molecule has 188 valence electrons. The number of fused-ring (bicyclic) bond motifs is 3. The Balaban J connectivity index is 1.61. The zero-order valence-electron chi connectivity index (χ0n) is 22.0. The number of benzene rings is 1. The van der Waals surface area contributed by atoms with E-state index >= 15 is 0 Å². The molecule has 0 N–H and O–H groups in total. The van der Waals surface area contributed by atoms with Crippen LogP contribution in [0.1, 0.15) is 73.4 Å². The van der Waals surface area contributed by atoms with E-state index in [0.717, 1.165) is 38.7 Å². The lowest BCUT2D eigenvalue weighted by molar-refractivity contribution is -0.141. The third kappa shape index (κ3) is 3.92. The van der Waals surface area contributed by atoms with E-state index in [9.17, 15) is 4.79 Å². The number of nitrogens with zero attached hydrogens (tertiary/aromatic N) is 4. The largest absolute Gasteiger partial charge is 0.494 e. The van der Waals surface area contributed by atoms with Crippen molar-refractivity contribution in [3.05, 3.63) is 57.5 Å². The Kier molecular flexibility index (Phi) is 5.97. The molecule has 1 aromatic carbocycles. The standard InChI is InChI=1S/C26H31BN4O4S/c1-14-15(2)36-24-21(14)22(28-19(13-20(32)33-8)23-30-29-16(3)31(23)24)17-9-11-18(12-10-17)27-34-25(4,5)26(6,7)35-27/h9-12,19H,13H2,1-8H3/t19-/m0/s1. The van der Waals surface area contributed by atoms with Gasteiger partial charge in [0.1, 0.15) is 16.9 Å². The van der Waals surface area contributed by atoms with Crippen LogP contribution in [0.15, 0.2) is 29.3 Å². The number of aliphatic imine (C=N–C) groups is 1. The highest BCUT2D eigenvalue weighted by atomic mass is 32.1. The van der Waals surface area contributed by atoms with E-state index in [1.54, 1.807) is 11.3 Å². The first-order chi connectivity index (χ1) is 16.9. The van der Waals surface area contributed by atoms with Gasteiger partial charge < -0.3 is 14.0 Å². The van der Waals surface area contributed by atoms with Crippen molar-refractivity contribution in [2.24, 2.45) is 4.99 Å². The predicted octanol–water partition coefficient (Wildman–Crippen LogP) is 4.01. The molecule has 3 aromatic rings. The summed E-state index contributed by atoms with van der Waals surface area (Å²) >= 11 is 1.69. The average Bonchev–Trinajstić information content (AvgIpc) is 3.38. The summed E-state index contributed by atoms with van der Waals surface area (Å²) in [7, 11) is 0.949. The van der Waals surface area contributed by atoms with Gasteiger partial charge in [0.15, 0.2) is 5.82 Å². The van der Waals surface area contributed by atoms with E-state index in [0.29, 0.717) is 5.82 Å². The number of thiophene rings is 1. The molecule has 2 aromatic heterocycles. The Morgan fingerprint density at radius 2 is 1.72 bits per heavy atom. The lowest BCUT2D eigenvalue weighted by Gasteiger charge is -2.32. The molecule has 8 nitrogen and oxygen atoms in total. The zero-order chi connectivity index (χ0) is 26.0. The maximum Gasteiger partial charge on any atom is 0.494 e. The SMILES string of the molecule is COC(=O)C[C@@H]1N=C(c2ccc(B3OC(C)(C)C(C)(C)O3)cc2)c2c(sc(C)c2C)-n2c(C)nnc21. The molecule has 2 aliphatic rings. The summed E-state index contributed by atoms with van der Waals surface area (Å²) in [5.41, 5.74) is 4.10. The lowest BCUT2D eigenvalue weighted by atomic mass is 9.78. The minimum atomic E-state index is -0.518. The van der Waals surface area contributed by atoms with E-state index in [1.165, 1.54) is 12.0 Å². The highest BCUT2D eigenvalue weighted by Crippen LogP contribution is 2.40. The fraction of sp³-hybridized carbons (Fsp3) is 0.462. The van der Waals surface area contributed by atoms with E-state index in [1.807, 2.05) is 63.5 Å². The van der Waals surface area contributed by atoms with Crippen molar-refractivity contribution in [2.45, 2.75) is 72.1 Å². The van der Waals surface area contributed by atoms with Gasteiger partial charge in [-0.25, -0.2) is 0 Å². The Morgan fingerprint density at radius 3 is 2.33 bits per heavy atom. The monoisotopic (exact) mass is 506 g/mol. The van der Waals surface area contributed by atoms with Crippen LogP contribution < -0.4 is 5.46 Å². The van der Waals surface area contributed by atoms with Crippen LogP contribution in [0.3, 0.4) is 0 Å². The van der Waals surface area contributed by atoms with Crippen molar-refractivity contribution in [1.29, 1.82) is 0 Å². The van der Waals surface area contributed by atoms with Crippen LogP contribution in [0, 0.1) is 20.8 Å². The number of rotatable bonds is 4. The highest BCUT2D eigenvalue weighted by Gasteiger charge is 2.51. The molecule has 4 heterocycles. The van der Waals surface area contributed by atoms with Gasteiger partial charge in [-0.1, -0.05) is 24.3 Å². The molecule has 5 rings (SSSR count). The number of carbonyl (C=O) groups is 1. The van der Waals surface area contributed by atoms with Gasteiger partial charge in [-0.2, -0.15) is 0 Å². The van der Waals surface area contributed by atoms with Gasteiger partial charge >= 0.3 is 13.1 Å². The van der Waals surface area contributed by atoms with Gasteiger partial charge in [-0.05, 0) is 59.5 Å². The average molecular weight is 506 g/mol. The van der Waals surface area contributed by atoms with E-state index in [4.69, 9.17) is 19.0 Å². The molecule has 1 atom stereocenters. The van der Waals surface area contributed by atoms with E-state index in [2.05, 4.69) is 24.0 Å². The molecule has 0 spiro atoms. The summed E-state index contributed by atoms with van der Waals surface area (Å²) in [6, 6.07) is 7.63. The number of ether oxygens (including phenoxy) is 1. The van der Waals surface area contributed by atoms with Gasteiger partial charge in [0.05, 0.1) is 30.4 Å². The van der Waals surface area contributed by atoms with Gasteiger partial charge in [0, 0.05) is 16.0 Å². The fourth-order valence-electron chi connectivity index (χ4n) is 4.54. The van der Waals surface area contributed by atoms with E-state index < -0.39 is 24.4 Å². The topological polar surface area (TPSA) is 87.8 Å². The number of carbonyl (C=O) groups excluding carboxylic acids is 1. The normalized spacial score (nSPS) is 19.9. The fourth-order valence-corrected chi connectivity index (χ4v) is 5.76. The molecule has 0 saturated carbocycles. The first-order valence-electron chi connectivity index (χ1n) is 12.1.